The summed E-state index contributed by atoms with van der Waals surface area (Å²) >= 11 is 12.0. The number of hydroxylamine groups is 2. The first-order valence-electron chi connectivity index (χ1n) is 18.6. The Morgan fingerprint density at radius 2 is 1.63 bits per heavy atom. The molecule has 15 nitrogen and oxygen atoms in total. The summed E-state index contributed by atoms with van der Waals surface area (Å²) in [5.74, 6) is -3.57. The van der Waals surface area contributed by atoms with Crippen LogP contribution in [0.1, 0.15) is 71.3 Å². The molecule has 2 aliphatic heterocycles. The fourth-order valence-electron chi connectivity index (χ4n) is 5.38. The van der Waals surface area contributed by atoms with Crippen LogP contribution in [-0.4, -0.2) is 96.1 Å². The van der Waals surface area contributed by atoms with E-state index in [0.717, 1.165) is 48.6 Å². The predicted octanol–water partition coefficient (Wildman–Crippen LogP) is 5.63. The van der Waals surface area contributed by atoms with Crippen molar-refractivity contribution in [3.63, 3.8) is 0 Å². The van der Waals surface area contributed by atoms with Gasteiger partial charge in [0.1, 0.15) is 19.2 Å². The number of unbranched alkanes of at least 4 members (excludes halogenated alkanes) is 2. The monoisotopic (exact) mass is 907 g/mol. The van der Waals surface area contributed by atoms with Crippen LogP contribution in [0.2, 0.25) is 10.0 Å². The quantitative estimate of drug-likeness (QED) is 0.0691. The molecule has 59 heavy (non-hydrogen) atoms. The third kappa shape index (κ3) is 17.5. The van der Waals surface area contributed by atoms with Crippen molar-refractivity contribution in [2.24, 2.45) is 5.41 Å². The molecule has 1 fully saturated rings. The van der Waals surface area contributed by atoms with Crippen LogP contribution in [0.4, 0.5) is 10.1 Å². The van der Waals surface area contributed by atoms with Crippen LogP contribution < -0.4 is 19.8 Å². The number of halogens is 3. The fraction of sp³-hybridized carbons (Fsp3) is 0.513. The summed E-state index contributed by atoms with van der Waals surface area (Å²) in [6, 6.07) is 9.61. The van der Waals surface area contributed by atoms with Gasteiger partial charge < -0.3 is 28.9 Å². The second-order valence-corrected chi connectivity index (χ2v) is 19.3. The number of carboxylic acids is 1. The lowest BCUT2D eigenvalue weighted by molar-refractivity contribution is -0.193. The van der Waals surface area contributed by atoms with Crippen LogP contribution in [-0.2, 0) is 55.6 Å². The molecule has 0 spiro atoms. The van der Waals surface area contributed by atoms with Gasteiger partial charge >= 0.3 is 11.9 Å². The first-order chi connectivity index (χ1) is 27.6. The Labute approximate surface area is 357 Å². The molecule has 1 atom stereocenters. The first kappa shape index (κ1) is 51.6. The molecule has 1 saturated heterocycles. The number of nitrogens with zero attached hydrogens (tertiary/aromatic N) is 2. The Morgan fingerprint density at radius 3 is 2.14 bits per heavy atom. The maximum absolute atomic E-state index is 14.5. The van der Waals surface area contributed by atoms with Crippen molar-refractivity contribution in [1.82, 2.24) is 10.4 Å². The fourth-order valence-corrected chi connectivity index (χ4v) is 6.17. The molecule has 2 aromatic carbocycles. The Bertz CT molecular complexity index is 1850. The summed E-state index contributed by atoms with van der Waals surface area (Å²) in [4.78, 5) is 83.0. The maximum atomic E-state index is 14.5. The minimum absolute atomic E-state index is 0.000883. The minimum Gasteiger partial charge on any atom is -0.778 e. The summed E-state index contributed by atoms with van der Waals surface area (Å²) in [5.41, 5.74) is 1.14. The number of hydrogen-bond donors (Lipinski definition) is 3. The third-order valence-electron chi connectivity index (χ3n) is 8.24. The topological polar surface area (TPSA) is 212 Å². The largest absolute Gasteiger partial charge is 0.778 e. The maximum Gasteiger partial charge on any atom is 0.344 e. The van der Waals surface area contributed by atoms with E-state index in [2.05, 4.69) is 18.8 Å². The van der Waals surface area contributed by atoms with Crippen LogP contribution in [0.5, 0.6) is 5.75 Å². The highest BCUT2D eigenvalue weighted by atomic mass is 35.5. The van der Waals surface area contributed by atoms with Crippen LogP contribution in [0.25, 0.3) is 0 Å². The van der Waals surface area contributed by atoms with Gasteiger partial charge in [0.25, 0.3) is 17.7 Å². The highest BCUT2D eigenvalue weighted by Gasteiger charge is 2.42. The number of imide groups is 1. The van der Waals surface area contributed by atoms with E-state index in [1.54, 1.807) is 0 Å². The summed E-state index contributed by atoms with van der Waals surface area (Å²) in [5, 5.41) is 12.0. The third-order valence-corrected chi connectivity index (χ3v) is 9.52. The second kappa shape index (κ2) is 24.7. The molecule has 0 saturated carbocycles. The molecule has 0 bridgehead atoms. The summed E-state index contributed by atoms with van der Waals surface area (Å²) in [6.07, 6.45) is 11.3. The number of rotatable bonds is 14. The zero-order valence-corrected chi connectivity index (χ0v) is 37.2. The lowest BCUT2D eigenvalue weighted by atomic mass is 9.93. The standard InChI is InChI=1S/C21H23ClFNO5.C12H14ClNO2.C3H8NO5P.C3H9S/c1-2-3-6-9-28-19(25)12-29-18-11-17(16(23)10-15(18)22)24-20(26)13-7-4-5-8-14(13)21(24)27;1-12(2)8-16-14(11(12)15)7-9-5-3-4-6-10(9)13;5-3(6)1-4-2-10(7,8)9;1-4(2)3/h10-11H,2-9,12H2,1H3;3-6H,7-8H2,1-2H3;4H,1-2H2,(H,5,6)(H2,7,8,9);1-3H3/q;;;+1/p-1. The van der Waals surface area contributed by atoms with Gasteiger partial charge in [0.15, 0.2) is 6.61 Å². The van der Waals surface area contributed by atoms with Gasteiger partial charge in [0, 0.05) is 22.2 Å². The van der Waals surface area contributed by atoms with Crippen molar-refractivity contribution in [3.8, 4) is 5.75 Å². The molecule has 0 aromatic heterocycles. The van der Waals surface area contributed by atoms with Gasteiger partial charge in [-0.05, 0) is 74.5 Å². The average Bonchev–Trinajstić information content (AvgIpc) is 3.55. The van der Waals surface area contributed by atoms with Crippen molar-refractivity contribution >= 4 is 77.0 Å². The molecule has 3 N–H and O–H groups in total. The molecule has 3 amide bonds. The van der Waals surface area contributed by atoms with Crippen molar-refractivity contribution in [2.45, 2.75) is 72.3 Å². The predicted molar refractivity (Wildman–Crippen MR) is 223 cm³/mol. The van der Waals surface area contributed by atoms with Crippen LogP contribution in [0, 0.1) is 11.2 Å². The molecule has 2 heterocycles. The van der Waals surface area contributed by atoms with Gasteiger partial charge in [-0.15, -0.1) is 0 Å². The summed E-state index contributed by atoms with van der Waals surface area (Å²) in [7, 11) is -3.71. The average molecular weight is 909 g/mol. The molecule has 20 heteroatoms. The van der Waals surface area contributed by atoms with E-state index in [4.69, 9.17) is 47.5 Å². The zero-order chi connectivity index (χ0) is 44.5. The lowest BCUT2D eigenvalue weighted by Gasteiger charge is -2.18. The number of nitrogens with one attached hydrogen (secondary N) is 1. The van der Waals surface area contributed by atoms with Crippen molar-refractivity contribution in [1.29, 1.82) is 0 Å². The van der Waals surface area contributed by atoms with Gasteiger partial charge in [-0.3, -0.25) is 29.3 Å². The van der Waals surface area contributed by atoms with Crippen LogP contribution in [0.3, 0.4) is 0 Å². The Hall–Kier alpha value is -3.54. The molecule has 3 aliphatic rings. The molecule has 2 aromatic rings. The minimum atomic E-state index is -4.35. The number of carbonyl (C=O) groups is 5. The molecule has 328 valence electrons. The summed E-state index contributed by atoms with van der Waals surface area (Å²) < 4.78 is 34.9. The Kier molecular flexibility index (Phi) is 21.6. The molecular weight excluding hydrogens is 855 g/mol. The van der Waals surface area contributed by atoms with Crippen molar-refractivity contribution < 1.29 is 62.1 Å². The molecule has 1 unspecified atom stereocenters. The number of aliphatic carboxylic acids is 1. The van der Waals surface area contributed by atoms with Gasteiger partial charge in [-0.1, -0.05) is 61.2 Å². The number of amides is 3. The highest BCUT2D eigenvalue weighted by molar-refractivity contribution is 7.94. The SMILES string of the molecule is CC1(C)CON(Cc2ccccc2Cl)C1=O.CCCCCOC(=O)COc1cc(N2C(=O)C3=C(CCCC3)C2=O)c(F)cc1Cl.C[S+](C)C.O=C(O)CNCP(=O)([O-])O. The Morgan fingerprint density at radius 1 is 1.03 bits per heavy atom. The highest BCUT2D eigenvalue weighted by Crippen LogP contribution is 2.39. The van der Waals surface area contributed by atoms with E-state index in [9.17, 15) is 37.8 Å². The van der Waals surface area contributed by atoms with Gasteiger partial charge in [-0.2, -0.15) is 0 Å². The molecule has 1 aliphatic carbocycles. The van der Waals surface area contributed by atoms with E-state index >= 15 is 0 Å². The number of benzene rings is 2. The number of ether oxygens (including phenoxy) is 2. The smallest absolute Gasteiger partial charge is 0.344 e. The second-order valence-electron chi connectivity index (χ2n) is 14.5. The van der Waals surface area contributed by atoms with E-state index in [1.165, 1.54) is 11.1 Å². The molecular formula is C39H53Cl2FN3O12PS. The molecule has 5 rings (SSSR count). The first-order valence-corrected chi connectivity index (χ1v) is 23.6. The number of hydrogen-bond acceptors (Lipinski definition) is 11. The van der Waals surface area contributed by atoms with Crippen LogP contribution in [0.15, 0.2) is 47.5 Å². The van der Waals surface area contributed by atoms with Gasteiger partial charge in [0.2, 0.25) is 0 Å². The van der Waals surface area contributed by atoms with Crippen molar-refractivity contribution in [3.05, 3.63) is 69.0 Å². The lowest BCUT2D eigenvalue weighted by Crippen LogP contribution is -2.32. The van der Waals surface area contributed by atoms with E-state index < -0.39 is 62.0 Å². The van der Waals surface area contributed by atoms with E-state index in [0.29, 0.717) is 59.7 Å². The normalized spacial score (nSPS) is 16.6. The zero-order valence-electron chi connectivity index (χ0n) is 34.0. The number of anilines is 1. The summed E-state index contributed by atoms with van der Waals surface area (Å²) in [6.45, 7) is 6.04. The number of esters is 1. The van der Waals surface area contributed by atoms with Gasteiger partial charge in [-0.25, -0.2) is 19.1 Å². The number of carbonyl (C=O) groups excluding carboxylic acids is 4. The Balaban J connectivity index is 0.000000333. The van der Waals surface area contributed by atoms with Crippen LogP contribution >= 0.6 is 30.8 Å². The number of carboxylic acid groups (broad SMARTS) is 1. The van der Waals surface area contributed by atoms with Gasteiger partial charge in [0.05, 0.1) is 67.5 Å². The van der Waals surface area contributed by atoms with E-state index in [1.807, 2.05) is 50.4 Å². The van der Waals surface area contributed by atoms with Crippen molar-refractivity contribution in [2.75, 3.05) is 56.3 Å². The molecule has 0 radical (unpaired) electrons. The van der Waals surface area contributed by atoms with E-state index in [-0.39, 0.29) is 22.4 Å².